The third-order valence-corrected chi connectivity index (χ3v) is 8.49. The average molecular weight is 775 g/mol. The van der Waals surface area contributed by atoms with E-state index in [1.54, 1.807) is 18.2 Å². The third-order valence-electron chi connectivity index (χ3n) is 8.21. The van der Waals surface area contributed by atoms with Crippen molar-refractivity contribution in [3.63, 3.8) is 0 Å². The van der Waals surface area contributed by atoms with Crippen LogP contribution in [-0.2, 0) is 22.6 Å². The average Bonchev–Trinajstić information content (AvgIpc) is 3.17. The van der Waals surface area contributed by atoms with Gasteiger partial charge in [-0.05, 0) is 73.6 Å². The summed E-state index contributed by atoms with van der Waals surface area (Å²) in [5.74, 6) is -0.204. The van der Waals surface area contributed by atoms with Gasteiger partial charge in [0.05, 0.1) is 11.8 Å². The second-order valence-corrected chi connectivity index (χ2v) is 12.9. The topological polar surface area (TPSA) is 254 Å². The number of aromatic nitrogens is 2. The molecule has 55 heavy (non-hydrogen) atoms. The van der Waals surface area contributed by atoms with Gasteiger partial charge in [0.15, 0.2) is 35.0 Å². The van der Waals surface area contributed by atoms with Crippen LogP contribution in [0.3, 0.4) is 0 Å². The normalized spacial score (nSPS) is 12.3. The van der Waals surface area contributed by atoms with E-state index in [4.69, 9.17) is 38.3 Å². The minimum absolute atomic E-state index is 0.00469. The number of ether oxygens (including phenoxy) is 2. The molecular formula is C38H47ClN10O6. The van der Waals surface area contributed by atoms with Crippen LogP contribution in [0, 0.1) is 0 Å². The number of aryl methyl sites for hydroxylation is 1. The van der Waals surface area contributed by atoms with Crippen LogP contribution in [0.4, 0.5) is 17.3 Å². The number of aliphatic imine (C=N–C) groups is 1. The standard InChI is InChI=1S/C38H47ClN10O6/c1-24(45-20-30(51)27-12-15-31(29(19-27)46-23-50)55-21-26-8-3-2-4-9-26)16-18-43-32(52)22-54-28-13-10-25(11-14-28)7-5-6-17-44-38(42)49-37(53)33-35(40)48-36(41)34(39)47-33/h2-4,8-15,19,23-24,30,45,51H,5-7,16-18,20-22H2,1H3,(H,43,52)(H,46,50)(H4,40,41,48)(H3,42,44,49,53). The van der Waals surface area contributed by atoms with Crippen molar-refractivity contribution < 1.29 is 29.0 Å². The molecule has 4 rings (SSSR count). The Bertz CT molecular complexity index is 1900. The Labute approximate surface area is 324 Å². The molecule has 16 nitrogen and oxygen atoms in total. The number of nitrogens with zero attached hydrogens (tertiary/aromatic N) is 3. The molecule has 0 fully saturated rings. The Kier molecular flexibility index (Phi) is 16.5. The number of aliphatic hydroxyl groups excluding tert-OH is 1. The molecule has 17 heteroatoms. The molecule has 3 amide bonds. The Balaban J connectivity index is 1.07. The molecule has 4 aromatic rings. The van der Waals surface area contributed by atoms with E-state index in [1.807, 2.05) is 61.5 Å². The first-order valence-electron chi connectivity index (χ1n) is 17.6. The van der Waals surface area contributed by atoms with Crippen molar-refractivity contribution in [2.24, 2.45) is 10.7 Å². The second kappa shape index (κ2) is 21.7. The molecular weight excluding hydrogens is 728 g/mol. The number of anilines is 3. The second-order valence-electron chi connectivity index (χ2n) is 12.5. The van der Waals surface area contributed by atoms with Gasteiger partial charge in [0.25, 0.3) is 11.8 Å². The summed E-state index contributed by atoms with van der Waals surface area (Å²) in [5.41, 5.74) is 20.0. The van der Waals surface area contributed by atoms with E-state index in [9.17, 15) is 19.5 Å². The van der Waals surface area contributed by atoms with E-state index in [1.165, 1.54) is 0 Å². The molecule has 3 aromatic carbocycles. The fourth-order valence-corrected chi connectivity index (χ4v) is 5.30. The minimum Gasteiger partial charge on any atom is -0.487 e. The van der Waals surface area contributed by atoms with E-state index in [0.717, 1.165) is 30.4 Å². The monoisotopic (exact) mass is 774 g/mol. The number of guanidine groups is 1. The third kappa shape index (κ3) is 14.1. The number of hydrogen-bond acceptors (Lipinski definition) is 12. The highest BCUT2D eigenvalue weighted by Gasteiger charge is 2.17. The summed E-state index contributed by atoms with van der Waals surface area (Å²) in [7, 11) is 0. The smallest absolute Gasteiger partial charge is 0.280 e. The number of nitrogen functional groups attached to an aromatic ring is 2. The van der Waals surface area contributed by atoms with Crippen LogP contribution >= 0.6 is 11.6 Å². The molecule has 2 unspecified atom stereocenters. The van der Waals surface area contributed by atoms with Gasteiger partial charge >= 0.3 is 0 Å². The highest BCUT2D eigenvalue weighted by Crippen LogP contribution is 2.29. The van der Waals surface area contributed by atoms with Crippen molar-refractivity contribution in [2.75, 3.05) is 43.0 Å². The minimum atomic E-state index is -0.827. The zero-order valence-corrected chi connectivity index (χ0v) is 31.2. The number of nitrogens with one attached hydrogen (secondary N) is 4. The van der Waals surface area contributed by atoms with E-state index in [2.05, 4.69) is 36.2 Å². The van der Waals surface area contributed by atoms with Gasteiger partial charge in [-0.1, -0.05) is 60.1 Å². The summed E-state index contributed by atoms with van der Waals surface area (Å²) in [5, 5.41) is 21.8. The molecule has 0 radical (unpaired) electrons. The number of rotatable bonds is 21. The molecule has 0 saturated carbocycles. The zero-order valence-electron chi connectivity index (χ0n) is 30.5. The van der Waals surface area contributed by atoms with E-state index >= 15 is 0 Å². The van der Waals surface area contributed by atoms with Crippen LogP contribution in [0.2, 0.25) is 5.15 Å². The van der Waals surface area contributed by atoms with Gasteiger partial charge in [-0.3, -0.25) is 24.7 Å². The Morgan fingerprint density at radius 1 is 0.982 bits per heavy atom. The molecule has 0 bridgehead atoms. The maximum atomic E-state index is 12.4. The van der Waals surface area contributed by atoms with Crippen molar-refractivity contribution in [3.05, 3.63) is 100 Å². The van der Waals surface area contributed by atoms with E-state index in [-0.39, 0.29) is 53.5 Å². The Hall–Kier alpha value is -5.97. The predicted octanol–water partition coefficient (Wildman–Crippen LogP) is 3.11. The lowest BCUT2D eigenvalue weighted by atomic mass is 10.1. The summed E-state index contributed by atoms with van der Waals surface area (Å²) in [6.45, 7) is 3.28. The number of amides is 3. The molecule has 0 aliphatic carbocycles. The molecule has 2 atom stereocenters. The van der Waals surface area contributed by atoms with Crippen LogP contribution < -0.4 is 47.9 Å². The number of carbonyl (C=O) groups is 3. The summed E-state index contributed by atoms with van der Waals surface area (Å²) < 4.78 is 11.5. The maximum Gasteiger partial charge on any atom is 0.280 e. The predicted molar refractivity (Wildman–Crippen MR) is 212 cm³/mol. The van der Waals surface area contributed by atoms with Gasteiger partial charge in [0.2, 0.25) is 6.41 Å². The lowest BCUT2D eigenvalue weighted by molar-refractivity contribution is -0.123. The van der Waals surface area contributed by atoms with Crippen LogP contribution in [0.25, 0.3) is 0 Å². The van der Waals surface area contributed by atoms with Crippen LogP contribution in [0.5, 0.6) is 11.5 Å². The first-order valence-corrected chi connectivity index (χ1v) is 18.0. The lowest BCUT2D eigenvalue weighted by Gasteiger charge is -2.19. The molecule has 292 valence electrons. The van der Waals surface area contributed by atoms with Crippen molar-refractivity contribution >= 4 is 53.1 Å². The number of unbranched alkanes of at least 4 members (excludes halogenated alkanes) is 1. The Morgan fingerprint density at radius 2 is 1.75 bits per heavy atom. The van der Waals surface area contributed by atoms with Crippen LogP contribution in [-0.4, -0.2) is 71.5 Å². The highest BCUT2D eigenvalue weighted by atomic mass is 35.5. The summed E-state index contributed by atoms with van der Waals surface area (Å²) in [6.07, 6.45) is 2.71. The van der Waals surface area contributed by atoms with Gasteiger partial charge in [-0.25, -0.2) is 9.97 Å². The molecule has 0 aliphatic rings. The van der Waals surface area contributed by atoms with Crippen molar-refractivity contribution in [1.29, 1.82) is 0 Å². The quantitative estimate of drug-likeness (QED) is 0.0263. The van der Waals surface area contributed by atoms with E-state index < -0.39 is 12.0 Å². The SMILES string of the molecule is CC(CCNC(=O)COc1ccc(CCCCN=C(N)NC(=O)c2nc(Cl)c(N)nc2N)cc1)NCC(O)c1ccc(OCc2ccccc2)c(NC=O)c1. The Morgan fingerprint density at radius 3 is 2.49 bits per heavy atom. The van der Waals surface area contributed by atoms with Crippen LogP contribution in [0.1, 0.15) is 59.5 Å². The van der Waals surface area contributed by atoms with Gasteiger partial charge < -0.3 is 47.7 Å². The van der Waals surface area contributed by atoms with Gasteiger partial charge in [-0.15, -0.1) is 0 Å². The lowest BCUT2D eigenvalue weighted by Crippen LogP contribution is -2.38. The summed E-state index contributed by atoms with van der Waals surface area (Å²) in [6, 6.07) is 22.4. The fraction of sp³-hybridized carbons (Fsp3) is 0.316. The first kappa shape index (κ1) is 41.8. The zero-order chi connectivity index (χ0) is 39.6. The van der Waals surface area contributed by atoms with Crippen molar-refractivity contribution in [3.8, 4) is 11.5 Å². The molecule has 1 aromatic heterocycles. The van der Waals surface area contributed by atoms with Gasteiger partial charge in [0.1, 0.15) is 18.1 Å². The molecule has 0 spiro atoms. The fourth-order valence-electron chi connectivity index (χ4n) is 5.17. The summed E-state index contributed by atoms with van der Waals surface area (Å²) >= 11 is 5.82. The maximum absolute atomic E-state index is 12.4. The molecule has 0 saturated heterocycles. The van der Waals surface area contributed by atoms with Gasteiger partial charge in [0, 0.05) is 25.7 Å². The number of nitrogens with two attached hydrogens (primary N) is 3. The first-order chi connectivity index (χ1) is 26.5. The number of carbonyl (C=O) groups excluding carboxylic acids is 3. The summed E-state index contributed by atoms with van der Waals surface area (Å²) in [4.78, 5) is 47.7. The number of hydrogen-bond donors (Lipinski definition) is 8. The molecule has 11 N–H and O–H groups in total. The molecule has 1 heterocycles. The van der Waals surface area contributed by atoms with Gasteiger partial charge in [-0.2, -0.15) is 0 Å². The number of halogens is 1. The van der Waals surface area contributed by atoms with Crippen molar-refractivity contribution in [2.45, 2.75) is 51.4 Å². The van der Waals surface area contributed by atoms with Crippen molar-refractivity contribution in [1.82, 2.24) is 25.9 Å². The number of aliphatic hydroxyl groups is 1. The largest absolute Gasteiger partial charge is 0.487 e. The van der Waals surface area contributed by atoms with Crippen LogP contribution in [0.15, 0.2) is 77.8 Å². The highest BCUT2D eigenvalue weighted by molar-refractivity contribution is 6.31. The van der Waals surface area contributed by atoms with E-state index in [0.29, 0.717) is 55.3 Å². The molecule has 0 aliphatic heterocycles. The number of benzene rings is 3.